The average Bonchev–Trinajstić information content (AvgIpc) is 2.66. The Balaban J connectivity index is 0. The molecule has 0 atom stereocenters. The Morgan fingerprint density at radius 3 is 2.12 bits per heavy atom. The van der Waals surface area contributed by atoms with Crippen LogP contribution in [-0.2, 0) is 0 Å². The van der Waals surface area contributed by atoms with Gasteiger partial charge in [0.05, 0.1) is 20.8 Å². The number of rotatable bonds is 8. The molecule has 1 rings (SSSR count). The van der Waals surface area contributed by atoms with E-state index < -0.39 is 0 Å². The van der Waals surface area contributed by atoms with Crippen LogP contribution < -0.4 is 9.47 Å². The Morgan fingerprint density at radius 1 is 1.12 bits per heavy atom. The van der Waals surface area contributed by atoms with Gasteiger partial charge in [-0.15, -0.1) is 0 Å². The van der Waals surface area contributed by atoms with Crippen LogP contribution in [0.2, 0.25) is 0 Å². The van der Waals surface area contributed by atoms with E-state index >= 15 is 0 Å². The summed E-state index contributed by atoms with van der Waals surface area (Å²) in [6.45, 7) is 11.3. The van der Waals surface area contributed by atoms with E-state index in [0.717, 1.165) is 12.8 Å². The molecular formula is C20H36N2O3. The summed E-state index contributed by atoms with van der Waals surface area (Å²) in [5, 5.41) is 7.20. The first-order valence-electron chi connectivity index (χ1n) is 9.09. The van der Waals surface area contributed by atoms with Gasteiger partial charge >= 0.3 is 0 Å². The molecule has 1 amide bonds. The molecule has 0 heterocycles. The minimum absolute atomic E-state index is 0.0945. The monoisotopic (exact) mass is 352 g/mol. The SMILES string of the molecule is CC.CCC.CCCCN(CC=N)C(=O)c1ccc(OC)c(OC)c1. The standard InChI is InChI=1S/C15H22N2O3.C3H8.C2H6/c1-4-5-9-17(10-8-16)15(18)12-6-7-13(19-2)14(11-12)20-3;1-3-2;1-2/h6-8,11,16H,4-5,9-10H2,1-3H3;3H2,1-2H3;1-2H3. The normalized spacial score (nSPS) is 8.92. The van der Waals surface area contributed by atoms with Gasteiger partial charge in [-0.25, -0.2) is 0 Å². The lowest BCUT2D eigenvalue weighted by Crippen LogP contribution is -2.33. The van der Waals surface area contributed by atoms with Crippen molar-refractivity contribution in [1.29, 1.82) is 5.41 Å². The Bertz CT molecular complexity index is 476. The maximum Gasteiger partial charge on any atom is 0.254 e. The number of nitrogens with zero attached hydrogens (tertiary/aromatic N) is 1. The van der Waals surface area contributed by atoms with E-state index in [2.05, 4.69) is 20.8 Å². The summed E-state index contributed by atoms with van der Waals surface area (Å²) >= 11 is 0. The lowest BCUT2D eigenvalue weighted by molar-refractivity contribution is 0.0778. The van der Waals surface area contributed by atoms with Gasteiger partial charge in [-0.2, -0.15) is 0 Å². The van der Waals surface area contributed by atoms with Crippen molar-refractivity contribution >= 4 is 12.1 Å². The molecule has 0 radical (unpaired) electrons. The second kappa shape index (κ2) is 16.8. The van der Waals surface area contributed by atoms with Gasteiger partial charge in [0, 0.05) is 18.3 Å². The predicted octanol–water partition coefficient (Wildman–Crippen LogP) is 5.04. The van der Waals surface area contributed by atoms with Crippen molar-refractivity contribution in [3.8, 4) is 11.5 Å². The average molecular weight is 353 g/mol. The fourth-order valence-electron chi connectivity index (χ4n) is 1.89. The molecule has 1 aromatic carbocycles. The van der Waals surface area contributed by atoms with Crippen LogP contribution in [0.15, 0.2) is 18.2 Å². The lowest BCUT2D eigenvalue weighted by Gasteiger charge is -2.21. The maximum absolute atomic E-state index is 12.4. The molecular weight excluding hydrogens is 316 g/mol. The largest absolute Gasteiger partial charge is 0.493 e. The summed E-state index contributed by atoms with van der Waals surface area (Å²) in [5.41, 5.74) is 0.542. The van der Waals surface area contributed by atoms with Gasteiger partial charge in [0.15, 0.2) is 11.5 Å². The van der Waals surface area contributed by atoms with E-state index in [1.165, 1.54) is 12.6 Å². The number of unbranched alkanes of at least 4 members (excludes halogenated alkanes) is 1. The van der Waals surface area contributed by atoms with Crippen LogP contribution in [0.4, 0.5) is 0 Å². The molecule has 0 aliphatic rings. The quantitative estimate of drug-likeness (QED) is 0.667. The minimum Gasteiger partial charge on any atom is -0.493 e. The zero-order valence-electron chi connectivity index (χ0n) is 17.0. The Hall–Kier alpha value is -2.04. The maximum atomic E-state index is 12.4. The molecule has 0 aliphatic carbocycles. The van der Waals surface area contributed by atoms with Crippen LogP contribution in [0.25, 0.3) is 0 Å². The highest BCUT2D eigenvalue weighted by Crippen LogP contribution is 2.28. The van der Waals surface area contributed by atoms with Crippen LogP contribution in [-0.4, -0.2) is 44.3 Å². The van der Waals surface area contributed by atoms with Gasteiger partial charge in [-0.3, -0.25) is 4.79 Å². The van der Waals surface area contributed by atoms with Gasteiger partial charge < -0.3 is 19.8 Å². The number of benzene rings is 1. The Labute approximate surface area is 153 Å². The molecule has 1 N–H and O–H groups in total. The van der Waals surface area contributed by atoms with Gasteiger partial charge in [0.2, 0.25) is 0 Å². The number of carbonyl (C=O) groups excluding carboxylic acids is 1. The first-order valence-corrected chi connectivity index (χ1v) is 9.09. The second-order valence-electron chi connectivity index (χ2n) is 5.09. The zero-order valence-corrected chi connectivity index (χ0v) is 17.0. The minimum atomic E-state index is -0.0945. The zero-order chi connectivity index (χ0) is 19.7. The van der Waals surface area contributed by atoms with Gasteiger partial charge in [0.25, 0.3) is 5.91 Å². The molecule has 5 nitrogen and oxygen atoms in total. The van der Waals surface area contributed by atoms with Crippen molar-refractivity contribution in [2.75, 3.05) is 27.3 Å². The number of hydrogen-bond donors (Lipinski definition) is 1. The smallest absolute Gasteiger partial charge is 0.254 e. The van der Waals surface area contributed by atoms with E-state index in [0.29, 0.717) is 30.2 Å². The summed E-state index contributed by atoms with van der Waals surface area (Å²) in [7, 11) is 3.10. The molecule has 0 saturated heterocycles. The topological polar surface area (TPSA) is 62.6 Å². The number of amides is 1. The van der Waals surface area contributed by atoms with Gasteiger partial charge in [-0.1, -0.05) is 47.5 Å². The van der Waals surface area contributed by atoms with Crippen LogP contribution in [0, 0.1) is 5.41 Å². The highest BCUT2D eigenvalue weighted by Gasteiger charge is 2.16. The number of ether oxygens (including phenoxy) is 2. The molecule has 0 saturated carbocycles. The Kier molecular flexibility index (Phi) is 16.9. The molecule has 144 valence electrons. The second-order valence-corrected chi connectivity index (χ2v) is 5.09. The molecule has 1 aromatic rings. The van der Waals surface area contributed by atoms with Crippen LogP contribution in [0.5, 0.6) is 11.5 Å². The van der Waals surface area contributed by atoms with Crippen molar-refractivity contribution < 1.29 is 14.3 Å². The van der Waals surface area contributed by atoms with Crippen molar-refractivity contribution in [2.45, 2.75) is 53.9 Å². The fourth-order valence-corrected chi connectivity index (χ4v) is 1.89. The number of methoxy groups -OCH3 is 2. The van der Waals surface area contributed by atoms with Crippen molar-refractivity contribution in [3.05, 3.63) is 23.8 Å². The molecule has 0 unspecified atom stereocenters. The summed E-state index contributed by atoms with van der Waals surface area (Å²) in [6.07, 6.45) is 4.43. The molecule has 0 fully saturated rings. The van der Waals surface area contributed by atoms with Crippen molar-refractivity contribution in [2.24, 2.45) is 0 Å². The first kappa shape index (κ1) is 25.2. The number of nitrogens with one attached hydrogen (secondary N) is 1. The summed E-state index contributed by atoms with van der Waals surface area (Å²) in [5.74, 6) is 1.03. The highest BCUT2D eigenvalue weighted by atomic mass is 16.5. The molecule has 0 aliphatic heterocycles. The molecule has 5 heteroatoms. The van der Waals surface area contributed by atoms with Crippen molar-refractivity contribution in [3.63, 3.8) is 0 Å². The van der Waals surface area contributed by atoms with Crippen LogP contribution in [0.3, 0.4) is 0 Å². The summed E-state index contributed by atoms with van der Waals surface area (Å²) in [6, 6.07) is 5.10. The van der Waals surface area contributed by atoms with Crippen LogP contribution in [0.1, 0.15) is 64.2 Å². The number of carbonyl (C=O) groups is 1. The van der Waals surface area contributed by atoms with Crippen LogP contribution >= 0.6 is 0 Å². The van der Waals surface area contributed by atoms with E-state index in [9.17, 15) is 4.79 Å². The Morgan fingerprint density at radius 2 is 1.68 bits per heavy atom. The van der Waals surface area contributed by atoms with E-state index in [-0.39, 0.29) is 5.91 Å². The highest BCUT2D eigenvalue weighted by molar-refractivity contribution is 5.95. The third kappa shape index (κ3) is 9.75. The van der Waals surface area contributed by atoms with E-state index in [1.807, 2.05) is 13.8 Å². The third-order valence-electron chi connectivity index (χ3n) is 3.01. The van der Waals surface area contributed by atoms with Crippen molar-refractivity contribution in [1.82, 2.24) is 4.90 Å². The fraction of sp³-hybridized carbons (Fsp3) is 0.600. The van der Waals surface area contributed by atoms with E-state index in [4.69, 9.17) is 14.9 Å². The number of hydrogen-bond acceptors (Lipinski definition) is 4. The lowest BCUT2D eigenvalue weighted by atomic mass is 10.1. The predicted molar refractivity (Wildman–Crippen MR) is 106 cm³/mol. The van der Waals surface area contributed by atoms with E-state index in [1.54, 1.807) is 37.3 Å². The molecule has 0 bridgehead atoms. The van der Waals surface area contributed by atoms with Gasteiger partial charge in [-0.05, 0) is 24.6 Å². The summed E-state index contributed by atoms with van der Waals surface area (Å²) < 4.78 is 10.4. The molecule has 25 heavy (non-hydrogen) atoms. The first-order chi connectivity index (χ1) is 12.1. The molecule has 0 spiro atoms. The third-order valence-corrected chi connectivity index (χ3v) is 3.01. The van der Waals surface area contributed by atoms with Gasteiger partial charge in [0.1, 0.15) is 0 Å². The summed E-state index contributed by atoms with van der Waals surface area (Å²) in [4.78, 5) is 14.1. The molecule has 0 aromatic heterocycles.